The number of hydrogen-bond acceptors (Lipinski definition) is 7. The van der Waals surface area contributed by atoms with E-state index in [1.54, 1.807) is 17.5 Å². The topological polar surface area (TPSA) is 106 Å². The number of sulfonamides is 1. The number of hydrogen-bond donors (Lipinski definition) is 1. The Morgan fingerprint density at radius 1 is 1.31 bits per heavy atom. The molecule has 0 aliphatic carbocycles. The van der Waals surface area contributed by atoms with Gasteiger partial charge < -0.3 is 10.1 Å². The van der Waals surface area contributed by atoms with Gasteiger partial charge in [-0.05, 0) is 30.4 Å². The summed E-state index contributed by atoms with van der Waals surface area (Å²) < 4.78 is 31.7. The molecule has 8 nitrogen and oxygen atoms in total. The summed E-state index contributed by atoms with van der Waals surface area (Å²) in [5.74, 6) is -1.48. The molecule has 0 atom stereocenters. The summed E-state index contributed by atoms with van der Waals surface area (Å²) in [6.07, 6.45) is 1.98. The molecule has 0 aromatic carbocycles. The van der Waals surface area contributed by atoms with Crippen LogP contribution in [-0.4, -0.2) is 49.3 Å². The summed E-state index contributed by atoms with van der Waals surface area (Å²) in [6.45, 7) is -0.0554. The fraction of sp³-hybridized carbons (Fsp3) is 0.353. The molecule has 12 heteroatoms. The largest absolute Gasteiger partial charge is 0.455 e. The molecule has 1 fully saturated rings. The third kappa shape index (κ3) is 5.46. The number of thiophene rings is 1. The molecule has 29 heavy (non-hydrogen) atoms. The molecule has 1 aliphatic rings. The zero-order chi connectivity index (χ0) is 21.0. The molecule has 1 saturated heterocycles. The maximum absolute atomic E-state index is 12.5. The van der Waals surface area contributed by atoms with Crippen molar-refractivity contribution in [2.45, 2.75) is 17.1 Å². The third-order valence-corrected chi connectivity index (χ3v) is 8.05. The van der Waals surface area contributed by atoms with E-state index in [4.69, 9.17) is 27.9 Å². The van der Waals surface area contributed by atoms with Crippen LogP contribution in [0.15, 0.2) is 34.0 Å². The van der Waals surface area contributed by atoms with Crippen molar-refractivity contribution in [2.24, 2.45) is 5.92 Å². The van der Waals surface area contributed by atoms with E-state index in [9.17, 15) is 18.0 Å². The maximum Gasteiger partial charge on any atom is 0.309 e. The van der Waals surface area contributed by atoms with Crippen LogP contribution in [0.5, 0.6) is 0 Å². The van der Waals surface area contributed by atoms with Gasteiger partial charge in [0.15, 0.2) is 12.4 Å². The van der Waals surface area contributed by atoms with Gasteiger partial charge in [-0.1, -0.05) is 29.3 Å². The number of nitrogens with one attached hydrogen (secondary N) is 1. The van der Waals surface area contributed by atoms with Gasteiger partial charge in [0.25, 0.3) is 15.9 Å². The minimum absolute atomic E-state index is 0.115. The Balaban J connectivity index is 1.47. The number of aromatic nitrogens is 1. The molecule has 1 N–H and O–H groups in total. The van der Waals surface area contributed by atoms with Crippen molar-refractivity contribution >= 4 is 62.3 Å². The van der Waals surface area contributed by atoms with Crippen LogP contribution in [0.25, 0.3) is 0 Å². The van der Waals surface area contributed by atoms with Gasteiger partial charge in [0, 0.05) is 19.3 Å². The highest BCUT2D eigenvalue weighted by Crippen LogP contribution is 2.27. The van der Waals surface area contributed by atoms with E-state index >= 15 is 0 Å². The maximum atomic E-state index is 12.5. The number of anilines is 1. The number of ether oxygens (including phenoxy) is 1. The van der Waals surface area contributed by atoms with Crippen LogP contribution in [-0.2, 0) is 24.3 Å². The Labute approximate surface area is 181 Å². The quantitative estimate of drug-likeness (QED) is 0.640. The Kier molecular flexibility index (Phi) is 7.12. The van der Waals surface area contributed by atoms with E-state index in [1.165, 1.54) is 16.6 Å². The summed E-state index contributed by atoms with van der Waals surface area (Å²) in [6, 6.07) is 4.66. The predicted molar refractivity (Wildman–Crippen MR) is 110 cm³/mol. The number of amides is 1. The van der Waals surface area contributed by atoms with Gasteiger partial charge in [-0.15, -0.1) is 11.3 Å². The minimum Gasteiger partial charge on any atom is -0.455 e. The van der Waals surface area contributed by atoms with Crippen LogP contribution >= 0.6 is 34.5 Å². The lowest BCUT2D eigenvalue weighted by molar-refractivity contribution is -0.152. The summed E-state index contributed by atoms with van der Waals surface area (Å²) in [4.78, 5) is 28.1. The average Bonchev–Trinajstić information content (AvgIpc) is 3.24. The van der Waals surface area contributed by atoms with Gasteiger partial charge in [-0.2, -0.15) is 4.31 Å². The number of carbonyl (C=O) groups excluding carboxylic acids is 2. The van der Waals surface area contributed by atoms with Crippen molar-refractivity contribution in [1.29, 1.82) is 0 Å². The van der Waals surface area contributed by atoms with E-state index < -0.39 is 34.4 Å². The molecule has 156 valence electrons. The summed E-state index contributed by atoms with van der Waals surface area (Å²) in [5.41, 5.74) is 0. The van der Waals surface area contributed by atoms with Crippen LogP contribution in [0.2, 0.25) is 10.0 Å². The second-order valence-electron chi connectivity index (χ2n) is 6.25. The second-order valence-corrected chi connectivity index (χ2v) is 10.2. The zero-order valence-electron chi connectivity index (χ0n) is 15.0. The van der Waals surface area contributed by atoms with Crippen LogP contribution in [0.4, 0.5) is 5.82 Å². The van der Waals surface area contributed by atoms with Gasteiger partial charge >= 0.3 is 5.97 Å². The lowest BCUT2D eigenvalue weighted by Crippen LogP contribution is -2.40. The average molecular weight is 478 g/mol. The molecule has 0 unspecified atom stereocenters. The molecule has 1 aliphatic heterocycles. The standard InChI is InChI=1S/C17H17Cl2N3O5S2/c18-12-8-13(19)16(20-9-12)21-14(23)10-27-17(24)11-3-5-22(6-4-11)29(25,26)15-2-1-7-28-15/h1-2,7-9,11H,3-6,10H2,(H,20,21,23). The Morgan fingerprint density at radius 2 is 2.03 bits per heavy atom. The number of piperidine rings is 1. The highest BCUT2D eigenvalue weighted by Gasteiger charge is 2.33. The van der Waals surface area contributed by atoms with Crippen molar-refractivity contribution in [2.75, 3.05) is 25.0 Å². The van der Waals surface area contributed by atoms with Crippen molar-refractivity contribution in [1.82, 2.24) is 9.29 Å². The van der Waals surface area contributed by atoms with Crippen LogP contribution in [0.1, 0.15) is 12.8 Å². The normalized spacial score (nSPS) is 15.8. The zero-order valence-corrected chi connectivity index (χ0v) is 18.2. The molecule has 1 amide bonds. The fourth-order valence-electron chi connectivity index (χ4n) is 2.80. The first-order chi connectivity index (χ1) is 13.8. The molecular weight excluding hydrogens is 461 g/mol. The molecule has 0 bridgehead atoms. The number of pyridine rings is 1. The molecule has 3 heterocycles. The van der Waals surface area contributed by atoms with Crippen molar-refractivity contribution in [3.05, 3.63) is 39.8 Å². The highest BCUT2D eigenvalue weighted by atomic mass is 35.5. The number of rotatable bonds is 6. The summed E-state index contributed by atoms with van der Waals surface area (Å²) >= 11 is 12.8. The van der Waals surface area contributed by atoms with E-state index in [0.29, 0.717) is 17.9 Å². The Morgan fingerprint density at radius 3 is 2.66 bits per heavy atom. The van der Waals surface area contributed by atoms with Crippen molar-refractivity contribution < 1.29 is 22.7 Å². The molecular formula is C17H17Cl2N3O5S2. The number of nitrogens with zero attached hydrogens (tertiary/aromatic N) is 2. The third-order valence-electron chi connectivity index (χ3n) is 4.29. The van der Waals surface area contributed by atoms with Crippen LogP contribution in [0, 0.1) is 5.92 Å². The first kappa shape index (κ1) is 22.0. The second kappa shape index (κ2) is 9.40. The van der Waals surface area contributed by atoms with E-state index in [1.807, 2.05) is 0 Å². The highest BCUT2D eigenvalue weighted by molar-refractivity contribution is 7.91. The Hall–Kier alpha value is -1.72. The van der Waals surface area contributed by atoms with Gasteiger partial charge in [0.2, 0.25) is 0 Å². The smallest absolute Gasteiger partial charge is 0.309 e. The lowest BCUT2D eigenvalue weighted by atomic mass is 9.98. The SMILES string of the molecule is O=C(COC(=O)C1CCN(S(=O)(=O)c2cccs2)CC1)Nc1ncc(Cl)cc1Cl. The first-order valence-corrected chi connectivity index (χ1v) is 11.7. The number of carbonyl (C=O) groups is 2. The monoisotopic (exact) mass is 477 g/mol. The van der Waals surface area contributed by atoms with E-state index in [2.05, 4.69) is 10.3 Å². The van der Waals surface area contributed by atoms with Crippen LogP contribution < -0.4 is 5.32 Å². The van der Waals surface area contributed by atoms with Crippen molar-refractivity contribution in [3.63, 3.8) is 0 Å². The fourth-order valence-corrected chi connectivity index (χ4v) is 5.84. The molecule has 0 radical (unpaired) electrons. The molecule has 0 spiro atoms. The Bertz CT molecular complexity index is 991. The summed E-state index contributed by atoms with van der Waals surface area (Å²) in [5, 5.41) is 4.63. The van der Waals surface area contributed by atoms with Gasteiger partial charge in [0.1, 0.15) is 4.21 Å². The van der Waals surface area contributed by atoms with Gasteiger partial charge in [-0.25, -0.2) is 13.4 Å². The predicted octanol–water partition coefficient (Wildman–Crippen LogP) is 3.03. The van der Waals surface area contributed by atoms with Crippen molar-refractivity contribution in [3.8, 4) is 0 Å². The minimum atomic E-state index is -3.53. The van der Waals surface area contributed by atoms with E-state index in [-0.39, 0.29) is 28.1 Å². The van der Waals surface area contributed by atoms with Gasteiger partial charge in [-0.3, -0.25) is 9.59 Å². The summed E-state index contributed by atoms with van der Waals surface area (Å²) in [7, 11) is -3.53. The first-order valence-electron chi connectivity index (χ1n) is 8.58. The lowest BCUT2D eigenvalue weighted by Gasteiger charge is -2.29. The molecule has 3 rings (SSSR count). The van der Waals surface area contributed by atoms with Gasteiger partial charge in [0.05, 0.1) is 16.0 Å². The number of halogens is 2. The van der Waals surface area contributed by atoms with E-state index in [0.717, 1.165) is 11.3 Å². The molecule has 0 saturated carbocycles. The van der Waals surface area contributed by atoms with Crippen LogP contribution in [0.3, 0.4) is 0 Å². The molecule has 2 aromatic rings. The molecule has 2 aromatic heterocycles. The number of esters is 1.